The van der Waals surface area contributed by atoms with Gasteiger partial charge in [0.15, 0.2) is 0 Å². The van der Waals surface area contributed by atoms with Crippen molar-refractivity contribution in [3.63, 3.8) is 0 Å². The molecule has 0 aliphatic carbocycles. The van der Waals surface area contributed by atoms with Crippen LogP contribution in [0.3, 0.4) is 0 Å². The molecule has 1 aliphatic heterocycles. The number of carboxylic acid groups (broad SMARTS) is 1. The van der Waals surface area contributed by atoms with Crippen molar-refractivity contribution in [3.05, 3.63) is 0 Å². The van der Waals surface area contributed by atoms with Gasteiger partial charge in [-0.3, -0.25) is 4.79 Å². The van der Waals surface area contributed by atoms with Crippen molar-refractivity contribution in [3.8, 4) is 0 Å². The zero-order chi connectivity index (χ0) is 10.6. The van der Waals surface area contributed by atoms with E-state index in [1.54, 1.807) is 13.8 Å². The molecular weight excluding hydrogens is 200 g/mol. The van der Waals surface area contributed by atoms with Gasteiger partial charge in [-0.15, -0.1) is 11.8 Å². The van der Waals surface area contributed by atoms with Gasteiger partial charge < -0.3 is 9.84 Å². The number of thioether (sulfide) groups is 1. The monoisotopic (exact) mass is 218 g/mol. The van der Waals surface area contributed by atoms with E-state index in [-0.39, 0.29) is 6.10 Å². The molecule has 0 unspecified atom stereocenters. The van der Waals surface area contributed by atoms with E-state index in [2.05, 4.69) is 0 Å². The lowest BCUT2D eigenvalue weighted by molar-refractivity contribution is -0.138. The van der Waals surface area contributed by atoms with E-state index < -0.39 is 10.7 Å². The third-order valence-electron chi connectivity index (χ3n) is 2.42. The Bertz CT molecular complexity index is 198. The minimum Gasteiger partial charge on any atom is -0.480 e. The zero-order valence-electron chi connectivity index (χ0n) is 8.78. The number of hydrogen-bond acceptors (Lipinski definition) is 3. The molecule has 1 aliphatic rings. The summed E-state index contributed by atoms with van der Waals surface area (Å²) in [7, 11) is 0. The summed E-state index contributed by atoms with van der Waals surface area (Å²) in [5, 5.41) is 8.91. The van der Waals surface area contributed by atoms with Gasteiger partial charge in [-0.1, -0.05) is 0 Å². The molecule has 1 atom stereocenters. The molecule has 0 amide bonds. The number of ether oxygens (including phenoxy) is 1. The largest absolute Gasteiger partial charge is 0.480 e. The normalized spacial score (nSPS) is 23.4. The maximum absolute atomic E-state index is 10.8. The maximum atomic E-state index is 10.8. The molecule has 3 nitrogen and oxygen atoms in total. The molecule has 14 heavy (non-hydrogen) atoms. The lowest BCUT2D eigenvalue weighted by atomic mass is 10.1. The fourth-order valence-electron chi connectivity index (χ4n) is 1.30. The van der Waals surface area contributed by atoms with Crippen LogP contribution in [0.4, 0.5) is 0 Å². The molecule has 0 aromatic rings. The molecule has 0 radical (unpaired) electrons. The van der Waals surface area contributed by atoms with E-state index in [9.17, 15) is 4.79 Å². The number of rotatable bonds is 4. The van der Waals surface area contributed by atoms with Crippen molar-refractivity contribution in [2.45, 2.75) is 44.0 Å². The molecule has 1 saturated heterocycles. The molecule has 1 rings (SSSR count). The molecule has 4 heteroatoms. The molecule has 0 bridgehead atoms. The minimum atomic E-state index is -0.752. The molecule has 0 aromatic carbocycles. The van der Waals surface area contributed by atoms with Crippen molar-refractivity contribution in [2.75, 3.05) is 12.4 Å². The van der Waals surface area contributed by atoms with E-state index >= 15 is 0 Å². The highest BCUT2D eigenvalue weighted by atomic mass is 32.2. The van der Waals surface area contributed by atoms with Gasteiger partial charge >= 0.3 is 5.97 Å². The van der Waals surface area contributed by atoms with Crippen LogP contribution in [-0.2, 0) is 9.53 Å². The number of carboxylic acids is 1. The van der Waals surface area contributed by atoms with Crippen LogP contribution in [0.25, 0.3) is 0 Å². The SMILES string of the molecule is CC(C)(SC[C@H]1CCCCO1)C(=O)O. The summed E-state index contributed by atoms with van der Waals surface area (Å²) in [6.07, 6.45) is 3.68. The quantitative estimate of drug-likeness (QED) is 0.785. The summed E-state index contributed by atoms with van der Waals surface area (Å²) in [6.45, 7) is 4.31. The smallest absolute Gasteiger partial charge is 0.319 e. The van der Waals surface area contributed by atoms with Gasteiger partial charge in [0, 0.05) is 12.4 Å². The maximum Gasteiger partial charge on any atom is 0.319 e. The standard InChI is InChI=1S/C10H18O3S/c1-10(2,9(11)12)14-7-8-5-3-4-6-13-8/h8H,3-7H2,1-2H3,(H,11,12)/t8-/m1/s1. The molecule has 0 aromatic heterocycles. The Hall–Kier alpha value is -0.220. The van der Waals surface area contributed by atoms with Crippen LogP contribution >= 0.6 is 11.8 Å². The Kier molecular flexibility index (Phi) is 4.26. The van der Waals surface area contributed by atoms with Crippen LogP contribution in [0, 0.1) is 0 Å². The van der Waals surface area contributed by atoms with E-state index in [0.29, 0.717) is 0 Å². The third kappa shape index (κ3) is 3.50. The van der Waals surface area contributed by atoms with Gasteiger partial charge in [-0.25, -0.2) is 0 Å². The lowest BCUT2D eigenvalue weighted by Gasteiger charge is -2.25. The van der Waals surface area contributed by atoms with Crippen LogP contribution in [0.15, 0.2) is 0 Å². The van der Waals surface area contributed by atoms with Crippen molar-refractivity contribution in [2.24, 2.45) is 0 Å². The Balaban J connectivity index is 2.28. The highest BCUT2D eigenvalue weighted by molar-refractivity contribution is 8.01. The highest BCUT2D eigenvalue weighted by Gasteiger charge is 2.29. The van der Waals surface area contributed by atoms with E-state index in [1.807, 2.05) is 0 Å². The number of hydrogen-bond donors (Lipinski definition) is 1. The molecule has 82 valence electrons. The Morgan fingerprint density at radius 1 is 1.57 bits per heavy atom. The number of carbonyl (C=O) groups is 1. The Morgan fingerprint density at radius 3 is 2.79 bits per heavy atom. The van der Waals surface area contributed by atoms with E-state index in [4.69, 9.17) is 9.84 Å². The van der Waals surface area contributed by atoms with E-state index in [0.717, 1.165) is 25.2 Å². The summed E-state index contributed by atoms with van der Waals surface area (Å²) in [5.74, 6) is 0.0394. The average molecular weight is 218 g/mol. The minimum absolute atomic E-state index is 0.257. The summed E-state index contributed by atoms with van der Waals surface area (Å²) >= 11 is 1.47. The van der Waals surface area contributed by atoms with Gasteiger partial charge in [0.2, 0.25) is 0 Å². The second-order valence-corrected chi connectivity index (χ2v) is 5.76. The fraction of sp³-hybridized carbons (Fsp3) is 0.900. The predicted molar refractivity (Wildman–Crippen MR) is 57.8 cm³/mol. The molecule has 1 fully saturated rings. The first-order valence-corrected chi connectivity index (χ1v) is 6.00. The van der Waals surface area contributed by atoms with Crippen LogP contribution < -0.4 is 0 Å². The van der Waals surface area contributed by atoms with Gasteiger partial charge in [0.05, 0.1) is 6.10 Å². The average Bonchev–Trinajstić information content (AvgIpc) is 2.16. The topological polar surface area (TPSA) is 46.5 Å². The predicted octanol–water partition coefficient (Wildman–Crippen LogP) is 2.15. The summed E-state index contributed by atoms with van der Waals surface area (Å²) in [6, 6.07) is 0. The first-order chi connectivity index (χ1) is 6.52. The molecule has 0 saturated carbocycles. The van der Waals surface area contributed by atoms with Gasteiger partial charge in [-0.2, -0.15) is 0 Å². The molecule has 0 spiro atoms. The van der Waals surface area contributed by atoms with Crippen molar-refractivity contribution in [1.82, 2.24) is 0 Å². The Morgan fingerprint density at radius 2 is 2.29 bits per heavy atom. The summed E-state index contributed by atoms with van der Waals surface area (Å²) in [5.41, 5.74) is 0. The van der Waals surface area contributed by atoms with Gasteiger partial charge in [0.1, 0.15) is 4.75 Å². The fourth-order valence-corrected chi connectivity index (χ4v) is 2.29. The van der Waals surface area contributed by atoms with Crippen LogP contribution in [0.1, 0.15) is 33.1 Å². The van der Waals surface area contributed by atoms with Crippen LogP contribution in [-0.4, -0.2) is 34.3 Å². The highest BCUT2D eigenvalue weighted by Crippen LogP contribution is 2.28. The third-order valence-corrected chi connectivity index (χ3v) is 3.85. The molecule has 1 heterocycles. The number of aliphatic carboxylic acids is 1. The lowest BCUT2D eigenvalue weighted by Crippen LogP contribution is -2.31. The Labute approximate surface area is 89.2 Å². The second kappa shape index (κ2) is 5.03. The molecular formula is C10H18O3S. The summed E-state index contributed by atoms with van der Waals surface area (Å²) < 4.78 is 4.85. The van der Waals surface area contributed by atoms with Crippen molar-refractivity contribution in [1.29, 1.82) is 0 Å². The van der Waals surface area contributed by atoms with E-state index in [1.165, 1.54) is 18.2 Å². The first kappa shape index (κ1) is 11.9. The van der Waals surface area contributed by atoms with Crippen LogP contribution in [0.2, 0.25) is 0 Å². The molecule has 1 N–H and O–H groups in total. The van der Waals surface area contributed by atoms with Crippen molar-refractivity contribution >= 4 is 17.7 Å². The van der Waals surface area contributed by atoms with Gasteiger partial charge in [0.25, 0.3) is 0 Å². The first-order valence-electron chi connectivity index (χ1n) is 5.01. The van der Waals surface area contributed by atoms with Crippen molar-refractivity contribution < 1.29 is 14.6 Å². The zero-order valence-corrected chi connectivity index (χ0v) is 9.60. The summed E-state index contributed by atoms with van der Waals surface area (Å²) in [4.78, 5) is 10.8. The van der Waals surface area contributed by atoms with Crippen LogP contribution in [0.5, 0.6) is 0 Å². The van der Waals surface area contributed by atoms with Gasteiger partial charge in [-0.05, 0) is 33.1 Å². The second-order valence-electron chi connectivity index (χ2n) is 4.12.